The molecule has 0 radical (unpaired) electrons. The number of hydrogen-bond donors (Lipinski definition) is 0. The fraction of sp³-hybridized carbons (Fsp3) is 0.0909. The summed E-state index contributed by atoms with van der Waals surface area (Å²) in [7, 11) is 0. The summed E-state index contributed by atoms with van der Waals surface area (Å²) in [6.45, 7) is 0.240. The summed E-state index contributed by atoms with van der Waals surface area (Å²) in [5.74, 6) is -1.81. The van der Waals surface area contributed by atoms with Crippen molar-refractivity contribution >= 4 is 34.2 Å². The van der Waals surface area contributed by atoms with Crippen molar-refractivity contribution < 1.29 is 31.2 Å². The lowest BCUT2D eigenvalue weighted by molar-refractivity contribution is -0.274. The molecule has 0 atom stereocenters. The van der Waals surface area contributed by atoms with Gasteiger partial charge < -0.3 is 9.26 Å². The molecule has 2 aliphatic heterocycles. The molecule has 6 nitrogen and oxygen atoms in total. The number of rotatable bonds is 5. The van der Waals surface area contributed by atoms with Crippen molar-refractivity contribution in [2.75, 3.05) is 0 Å². The lowest BCUT2D eigenvalue weighted by Gasteiger charge is -2.16. The van der Waals surface area contributed by atoms with Crippen molar-refractivity contribution in [2.45, 2.75) is 12.9 Å². The van der Waals surface area contributed by atoms with Crippen LogP contribution >= 0.6 is 20.7 Å². The minimum Gasteiger partial charge on any atom is -0.406 e. The highest BCUT2D eigenvalue weighted by atomic mass is 127. The van der Waals surface area contributed by atoms with Gasteiger partial charge in [0.25, 0.3) is 0 Å². The van der Waals surface area contributed by atoms with Gasteiger partial charge in [-0.2, -0.15) is 5.10 Å². The van der Waals surface area contributed by atoms with Gasteiger partial charge in [0.15, 0.2) is 17.4 Å². The van der Waals surface area contributed by atoms with E-state index in [9.17, 15) is 22.0 Å². The Morgan fingerprint density at radius 2 is 1.85 bits per heavy atom. The average Bonchev–Trinajstić information content (AvgIpc) is 3.42. The van der Waals surface area contributed by atoms with Crippen LogP contribution in [0, 0.1) is 11.6 Å². The van der Waals surface area contributed by atoms with E-state index in [1.807, 2.05) is 0 Å². The van der Waals surface area contributed by atoms with Crippen molar-refractivity contribution in [1.82, 2.24) is 10.2 Å². The molecular weight excluding hydrogens is 574 g/mol. The number of halogens is 6. The van der Waals surface area contributed by atoms with Crippen LogP contribution in [-0.2, 0) is 6.54 Å². The zero-order valence-electron chi connectivity index (χ0n) is 16.9. The first kappa shape index (κ1) is 22.4. The number of ether oxygens (including phenoxy) is 1. The number of nitrogens with zero attached hydrogens (tertiary/aromatic N) is 4. The Kier molecular flexibility index (Phi) is 5.75. The molecule has 3 heterocycles. The van der Waals surface area contributed by atoms with Gasteiger partial charge in [0, 0.05) is 17.2 Å². The van der Waals surface area contributed by atoms with Gasteiger partial charge in [-0.3, -0.25) is 5.01 Å². The predicted molar refractivity (Wildman–Crippen MR) is 123 cm³/mol. The second kappa shape index (κ2) is 8.74. The number of aromatic nitrogens is 1. The molecule has 0 N–H and O–H groups in total. The standard InChI is InChI=1S/C22H12F5IN4O2/c23-16-3-1-2-15(20(16)24)21-28-17-9-29-32(11-18(17)30-21)10-13-8-19(34-31-13)12-4-6-14(7-5-12)33-22(25,26)27/h1-9,11H,10H2. The molecule has 2 aromatic carbocycles. The molecule has 0 bridgehead atoms. The van der Waals surface area contributed by atoms with Crippen molar-refractivity contribution in [2.24, 2.45) is 10.1 Å². The second-order valence-electron chi connectivity index (χ2n) is 7.06. The summed E-state index contributed by atoms with van der Waals surface area (Å²) in [4.78, 5) is 4.47. The predicted octanol–water partition coefficient (Wildman–Crippen LogP) is 5.76. The minimum atomic E-state index is -4.76. The third kappa shape index (κ3) is 4.76. The first-order valence-corrected chi connectivity index (χ1v) is 11.8. The number of hydrogen-bond acceptors (Lipinski definition) is 6. The Morgan fingerprint density at radius 1 is 1.06 bits per heavy atom. The van der Waals surface area contributed by atoms with Crippen LogP contribution in [0.3, 0.4) is 0 Å². The summed E-state index contributed by atoms with van der Waals surface area (Å²) >= 11 is -0.811. The Labute approximate surface area is 198 Å². The number of benzene rings is 2. The van der Waals surface area contributed by atoms with E-state index in [1.165, 1.54) is 36.4 Å². The Morgan fingerprint density at radius 3 is 2.62 bits per heavy atom. The zero-order chi connectivity index (χ0) is 23.9. The molecule has 12 heteroatoms. The lowest BCUT2D eigenvalue weighted by Crippen LogP contribution is -2.18. The molecule has 174 valence electrons. The summed E-state index contributed by atoms with van der Waals surface area (Å²) in [5.41, 5.74) is 1.83. The minimum absolute atomic E-state index is 0.156. The number of hydrazone groups is 1. The highest BCUT2D eigenvalue weighted by Gasteiger charge is 2.31. The number of aliphatic imine (C=N–C) groups is 1. The van der Waals surface area contributed by atoms with Gasteiger partial charge in [-0.15, -0.1) is 13.2 Å². The highest BCUT2D eigenvalue weighted by molar-refractivity contribution is 14.2. The van der Waals surface area contributed by atoms with Gasteiger partial charge in [-0.1, -0.05) is 32.0 Å². The fourth-order valence-electron chi connectivity index (χ4n) is 3.18. The zero-order valence-corrected chi connectivity index (χ0v) is 19.0. The maximum atomic E-state index is 14.1. The van der Waals surface area contributed by atoms with E-state index in [4.69, 9.17) is 4.52 Å². The summed E-state index contributed by atoms with van der Waals surface area (Å²) in [6.07, 6.45) is -1.42. The van der Waals surface area contributed by atoms with E-state index in [0.717, 1.165) is 9.58 Å². The van der Waals surface area contributed by atoms with E-state index in [2.05, 4.69) is 20.0 Å². The van der Waals surface area contributed by atoms with Gasteiger partial charge in [-0.05, 0) is 36.4 Å². The molecule has 5 rings (SSSR count). The Hall–Kier alpha value is -3.42. The third-order valence-corrected chi connectivity index (χ3v) is 7.42. The maximum Gasteiger partial charge on any atom is 0.573 e. The number of fused-ring (bicyclic) bond motifs is 1. The van der Waals surface area contributed by atoms with Crippen LogP contribution in [0.1, 0.15) is 11.3 Å². The Balaban J connectivity index is 1.29. The first-order valence-electron chi connectivity index (χ1n) is 9.64. The lowest BCUT2D eigenvalue weighted by atomic mass is 10.1. The monoisotopic (exact) mass is 586 g/mol. The van der Waals surface area contributed by atoms with Crippen LogP contribution in [-0.4, -0.2) is 30.0 Å². The Bertz CT molecular complexity index is 1380. The number of allylic oxidation sites excluding steroid dienone is 1. The average molecular weight is 586 g/mol. The van der Waals surface area contributed by atoms with Gasteiger partial charge in [0.2, 0.25) is 0 Å². The van der Waals surface area contributed by atoms with E-state index in [-0.39, 0.29) is 17.9 Å². The van der Waals surface area contributed by atoms with E-state index < -0.39 is 38.7 Å². The van der Waals surface area contributed by atoms with E-state index in [0.29, 0.717) is 26.4 Å². The van der Waals surface area contributed by atoms with Crippen LogP contribution in [0.4, 0.5) is 22.0 Å². The first-order chi connectivity index (χ1) is 16.2. The largest absolute Gasteiger partial charge is 0.573 e. The van der Waals surface area contributed by atoms with Crippen LogP contribution in [0.15, 0.2) is 75.0 Å². The SMILES string of the molecule is Fc1cccc(C2=NC3=CN(Cc4cc(-c5ccc(OC(F)(F)F)cc5)on4)N=CC3=I2)c1F. The molecule has 0 aliphatic carbocycles. The van der Waals surface area contributed by atoms with Crippen molar-refractivity contribution in [3.8, 4) is 17.1 Å². The summed E-state index contributed by atoms with van der Waals surface area (Å²) in [6, 6.07) is 10.9. The molecule has 0 saturated carbocycles. The van der Waals surface area contributed by atoms with Crippen LogP contribution in [0.25, 0.3) is 11.3 Å². The number of alkyl halides is 3. The van der Waals surface area contributed by atoms with Crippen LogP contribution < -0.4 is 4.74 Å². The molecular formula is C22H12F5IN4O2. The summed E-state index contributed by atoms with van der Waals surface area (Å²) in [5, 5.41) is 9.90. The van der Waals surface area contributed by atoms with E-state index >= 15 is 0 Å². The molecule has 0 fully saturated rings. The molecule has 1 aromatic heterocycles. The third-order valence-electron chi connectivity index (χ3n) is 4.67. The second-order valence-corrected chi connectivity index (χ2v) is 9.78. The van der Waals surface area contributed by atoms with Crippen LogP contribution in [0.5, 0.6) is 5.75 Å². The van der Waals surface area contributed by atoms with Crippen molar-refractivity contribution in [3.05, 3.63) is 83.3 Å². The van der Waals surface area contributed by atoms with Gasteiger partial charge in [0.05, 0.1) is 28.2 Å². The van der Waals surface area contributed by atoms with E-state index in [1.54, 1.807) is 23.5 Å². The molecule has 0 spiro atoms. The van der Waals surface area contributed by atoms with Crippen LogP contribution in [0.2, 0.25) is 0 Å². The van der Waals surface area contributed by atoms with Gasteiger partial charge in [0.1, 0.15) is 15.2 Å². The molecule has 34 heavy (non-hydrogen) atoms. The maximum absolute atomic E-state index is 14.1. The quantitative estimate of drug-likeness (QED) is 0.282. The molecule has 0 unspecified atom stereocenters. The molecule has 0 amide bonds. The topological polar surface area (TPSA) is 63.2 Å². The van der Waals surface area contributed by atoms with Crippen molar-refractivity contribution in [1.29, 1.82) is 0 Å². The normalized spacial score (nSPS) is 15.3. The smallest absolute Gasteiger partial charge is 0.406 e. The summed E-state index contributed by atoms with van der Waals surface area (Å²) < 4.78 is 75.2. The highest BCUT2D eigenvalue weighted by Crippen LogP contribution is 2.31. The molecule has 2 aliphatic rings. The molecule has 0 saturated heterocycles. The van der Waals surface area contributed by atoms with Gasteiger partial charge in [-0.25, -0.2) is 13.8 Å². The van der Waals surface area contributed by atoms with Gasteiger partial charge >= 0.3 is 6.36 Å². The fourth-order valence-corrected chi connectivity index (χ4v) is 5.61. The van der Waals surface area contributed by atoms with Crippen molar-refractivity contribution in [3.63, 3.8) is 0 Å². The molecule has 3 aromatic rings.